The Bertz CT molecular complexity index is 580. The van der Waals surface area contributed by atoms with Crippen molar-refractivity contribution >= 4 is 17.5 Å². The molecular formula is C21H33N3O2. The summed E-state index contributed by atoms with van der Waals surface area (Å²) >= 11 is 0. The predicted molar refractivity (Wildman–Crippen MR) is 106 cm³/mol. The molecule has 1 aromatic carbocycles. The number of nitrogens with one attached hydrogen (secondary N) is 1. The quantitative estimate of drug-likeness (QED) is 0.811. The minimum Gasteiger partial charge on any atom is -0.342 e. The molecule has 26 heavy (non-hydrogen) atoms. The first-order valence-corrected chi connectivity index (χ1v) is 9.95. The Kier molecular flexibility index (Phi) is 8.62. The highest BCUT2D eigenvalue weighted by molar-refractivity contribution is 5.93. The third kappa shape index (κ3) is 6.79. The molecule has 0 spiro atoms. The van der Waals surface area contributed by atoms with Crippen LogP contribution in [0.2, 0.25) is 0 Å². The van der Waals surface area contributed by atoms with E-state index in [1.807, 2.05) is 41.0 Å². The van der Waals surface area contributed by atoms with Gasteiger partial charge in [0.2, 0.25) is 11.8 Å². The molecule has 2 amide bonds. The Morgan fingerprint density at radius 3 is 2.35 bits per heavy atom. The van der Waals surface area contributed by atoms with Crippen LogP contribution in [0.5, 0.6) is 0 Å². The SMILES string of the molecule is CCCN(CC(=O)Nc1ccccc1C)CC(=O)N1CCCCCCC1. The van der Waals surface area contributed by atoms with Gasteiger partial charge in [0.25, 0.3) is 0 Å². The highest BCUT2D eigenvalue weighted by Gasteiger charge is 2.19. The third-order valence-electron chi connectivity index (χ3n) is 4.89. The van der Waals surface area contributed by atoms with E-state index in [1.165, 1.54) is 19.3 Å². The molecule has 1 heterocycles. The number of likely N-dealkylation sites (tertiary alicyclic amines) is 1. The van der Waals surface area contributed by atoms with Crippen LogP contribution in [0.15, 0.2) is 24.3 Å². The monoisotopic (exact) mass is 359 g/mol. The zero-order chi connectivity index (χ0) is 18.8. The van der Waals surface area contributed by atoms with Crippen LogP contribution in [-0.4, -0.2) is 54.3 Å². The van der Waals surface area contributed by atoms with Crippen molar-refractivity contribution in [2.75, 3.05) is 38.0 Å². The van der Waals surface area contributed by atoms with E-state index in [4.69, 9.17) is 0 Å². The van der Waals surface area contributed by atoms with Crippen molar-refractivity contribution in [1.29, 1.82) is 0 Å². The summed E-state index contributed by atoms with van der Waals surface area (Å²) < 4.78 is 0. The van der Waals surface area contributed by atoms with E-state index < -0.39 is 0 Å². The van der Waals surface area contributed by atoms with Crippen LogP contribution in [0, 0.1) is 6.92 Å². The number of para-hydroxylation sites is 1. The van der Waals surface area contributed by atoms with Gasteiger partial charge in [-0.2, -0.15) is 0 Å². The summed E-state index contributed by atoms with van der Waals surface area (Å²) in [6.45, 7) is 7.09. The Morgan fingerprint density at radius 2 is 1.69 bits per heavy atom. The predicted octanol–water partition coefficient (Wildman–Crippen LogP) is 3.44. The number of amides is 2. The summed E-state index contributed by atoms with van der Waals surface area (Å²) in [6.07, 6.45) is 6.80. The van der Waals surface area contributed by atoms with Crippen LogP contribution < -0.4 is 5.32 Å². The lowest BCUT2D eigenvalue weighted by Gasteiger charge is -2.28. The second-order valence-corrected chi connectivity index (χ2v) is 7.22. The first kappa shape index (κ1) is 20.4. The molecule has 0 radical (unpaired) electrons. The van der Waals surface area contributed by atoms with Gasteiger partial charge in [-0.15, -0.1) is 0 Å². The maximum absolute atomic E-state index is 12.7. The van der Waals surface area contributed by atoms with E-state index >= 15 is 0 Å². The van der Waals surface area contributed by atoms with Gasteiger partial charge in [-0.05, 0) is 44.4 Å². The van der Waals surface area contributed by atoms with Crippen molar-refractivity contribution in [2.45, 2.75) is 52.4 Å². The van der Waals surface area contributed by atoms with E-state index in [0.717, 1.165) is 50.1 Å². The minimum atomic E-state index is -0.0618. The standard InChI is InChI=1S/C21H33N3O2/c1-3-13-23(16-20(25)22-19-12-8-7-11-18(19)2)17-21(26)24-14-9-5-4-6-10-15-24/h7-8,11-12H,3-6,9-10,13-17H2,1-2H3,(H,22,25). The molecule has 2 rings (SSSR count). The summed E-state index contributed by atoms with van der Waals surface area (Å²) in [4.78, 5) is 29.1. The van der Waals surface area contributed by atoms with Crippen molar-refractivity contribution in [3.8, 4) is 0 Å². The lowest BCUT2D eigenvalue weighted by Crippen LogP contribution is -2.44. The molecule has 0 unspecified atom stereocenters. The fourth-order valence-electron chi connectivity index (χ4n) is 3.42. The van der Waals surface area contributed by atoms with Crippen LogP contribution in [0.1, 0.15) is 51.0 Å². The fourth-order valence-corrected chi connectivity index (χ4v) is 3.42. The number of benzene rings is 1. The Labute approximate surface area is 157 Å². The Hall–Kier alpha value is -1.88. The smallest absolute Gasteiger partial charge is 0.238 e. The molecular weight excluding hydrogens is 326 g/mol. The first-order valence-electron chi connectivity index (χ1n) is 9.95. The molecule has 0 bridgehead atoms. The summed E-state index contributed by atoms with van der Waals surface area (Å²) in [5.41, 5.74) is 1.88. The minimum absolute atomic E-state index is 0.0618. The molecule has 1 N–H and O–H groups in total. The van der Waals surface area contributed by atoms with E-state index in [2.05, 4.69) is 12.2 Å². The summed E-state index contributed by atoms with van der Waals surface area (Å²) in [7, 11) is 0. The highest BCUT2D eigenvalue weighted by atomic mass is 16.2. The van der Waals surface area contributed by atoms with Gasteiger partial charge < -0.3 is 10.2 Å². The van der Waals surface area contributed by atoms with Crippen LogP contribution in [-0.2, 0) is 9.59 Å². The average Bonchev–Trinajstić information content (AvgIpc) is 2.56. The normalized spacial score (nSPS) is 15.4. The number of carbonyl (C=O) groups excluding carboxylic acids is 2. The van der Waals surface area contributed by atoms with Gasteiger partial charge in [-0.25, -0.2) is 0 Å². The number of carbonyl (C=O) groups is 2. The molecule has 144 valence electrons. The second-order valence-electron chi connectivity index (χ2n) is 7.22. The molecule has 0 aromatic heterocycles. The van der Waals surface area contributed by atoms with E-state index in [0.29, 0.717) is 6.54 Å². The maximum Gasteiger partial charge on any atom is 0.238 e. The molecule has 1 fully saturated rings. The molecule has 1 aliphatic heterocycles. The molecule has 1 aromatic rings. The lowest BCUT2D eigenvalue weighted by molar-refractivity contribution is -0.133. The fraction of sp³-hybridized carbons (Fsp3) is 0.619. The molecule has 0 saturated carbocycles. The van der Waals surface area contributed by atoms with Crippen LogP contribution in [0.25, 0.3) is 0 Å². The van der Waals surface area contributed by atoms with Crippen molar-refractivity contribution in [3.63, 3.8) is 0 Å². The number of anilines is 1. The van der Waals surface area contributed by atoms with Gasteiger partial charge in [0, 0.05) is 18.8 Å². The molecule has 0 atom stereocenters. The second kappa shape index (κ2) is 11.0. The largest absolute Gasteiger partial charge is 0.342 e. The zero-order valence-electron chi connectivity index (χ0n) is 16.3. The number of hydrogen-bond acceptors (Lipinski definition) is 3. The van der Waals surface area contributed by atoms with Gasteiger partial charge in [0.1, 0.15) is 0 Å². The maximum atomic E-state index is 12.7. The number of nitrogens with zero attached hydrogens (tertiary/aromatic N) is 2. The zero-order valence-corrected chi connectivity index (χ0v) is 16.3. The van der Waals surface area contributed by atoms with Crippen molar-refractivity contribution in [1.82, 2.24) is 9.80 Å². The third-order valence-corrected chi connectivity index (χ3v) is 4.89. The Morgan fingerprint density at radius 1 is 1.04 bits per heavy atom. The van der Waals surface area contributed by atoms with Crippen LogP contribution in [0.3, 0.4) is 0 Å². The van der Waals surface area contributed by atoms with Crippen molar-refractivity contribution < 1.29 is 9.59 Å². The summed E-state index contributed by atoms with van der Waals surface area (Å²) in [6, 6.07) is 7.75. The molecule has 5 heteroatoms. The van der Waals surface area contributed by atoms with Gasteiger partial charge in [0.15, 0.2) is 0 Å². The van der Waals surface area contributed by atoms with E-state index in [9.17, 15) is 9.59 Å². The van der Waals surface area contributed by atoms with Gasteiger partial charge in [0.05, 0.1) is 13.1 Å². The summed E-state index contributed by atoms with van der Waals surface area (Å²) in [5, 5.41) is 2.96. The highest BCUT2D eigenvalue weighted by Crippen LogP contribution is 2.13. The molecule has 0 aliphatic carbocycles. The lowest BCUT2D eigenvalue weighted by atomic mass is 10.1. The van der Waals surface area contributed by atoms with Gasteiger partial charge in [-0.3, -0.25) is 14.5 Å². The van der Waals surface area contributed by atoms with Gasteiger partial charge >= 0.3 is 0 Å². The number of hydrogen-bond donors (Lipinski definition) is 1. The van der Waals surface area contributed by atoms with E-state index in [1.54, 1.807) is 0 Å². The van der Waals surface area contributed by atoms with Gasteiger partial charge in [-0.1, -0.05) is 44.4 Å². The van der Waals surface area contributed by atoms with Crippen LogP contribution in [0.4, 0.5) is 5.69 Å². The number of aryl methyl sites for hydroxylation is 1. The first-order chi connectivity index (χ1) is 12.6. The van der Waals surface area contributed by atoms with Crippen molar-refractivity contribution in [3.05, 3.63) is 29.8 Å². The van der Waals surface area contributed by atoms with E-state index in [-0.39, 0.29) is 18.4 Å². The molecule has 1 aliphatic rings. The summed E-state index contributed by atoms with van der Waals surface area (Å²) in [5.74, 6) is 0.0947. The molecule has 5 nitrogen and oxygen atoms in total. The van der Waals surface area contributed by atoms with Crippen LogP contribution >= 0.6 is 0 Å². The Balaban J connectivity index is 1.89. The molecule has 1 saturated heterocycles. The van der Waals surface area contributed by atoms with Crippen molar-refractivity contribution in [2.24, 2.45) is 0 Å². The number of rotatable bonds is 7. The topological polar surface area (TPSA) is 52.7 Å². The average molecular weight is 360 g/mol.